The number of benzene rings is 5. The zero-order chi connectivity index (χ0) is 31.4. The molecule has 2 aromatic heterocycles. The third kappa shape index (κ3) is 4.48. The molecule has 0 amide bonds. The molecule has 0 radical (unpaired) electrons. The first-order valence-electron chi connectivity index (χ1n) is 15.2. The Morgan fingerprint density at radius 2 is 1.02 bits per heavy atom. The summed E-state index contributed by atoms with van der Waals surface area (Å²) >= 11 is 0. The summed E-state index contributed by atoms with van der Waals surface area (Å²) in [7, 11) is 0. The predicted octanol–water partition coefficient (Wildman–Crippen LogP) is 10.6. The normalized spacial score (nSPS) is 12.2. The highest BCUT2D eigenvalue weighted by Gasteiger charge is 2.22. The fourth-order valence-electron chi connectivity index (χ4n) is 6.76. The van der Waals surface area contributed by atoms with Crippen LogP contribution < -0.4 is 0 Å². The van der Waals surface area contributed by atoms with Crippen LogP contribution in [0.1, 0.15) is 40.3 Å². The van der Waals surface area contributed by atoms with Crippen LogP contribution in [0.2, 0.25) is 0 Å². The second-order valence-electron chi connectivity index (χ2n) is 12.0. The lowest BCUT2D eigenvalue weighted by atomic mass is 9.99. The number of hydrogen-bond donors (Lipinski definition) is 0. The molecular formula is C41H34N4. The van der Waals surface area contributed by atoms with Crippen molar-refractivity contribution in [1.82, 2.24) is 9.13 Å². The Bertz CT molecular complexity index is 2190. The summed E-state index contributed by atoms with van der Waals surface area (Å²) in [4.78, 5) is 3.99. The number of aliphatic imine (C=N–C) groups is 1. The third-order valence-electron chi connectivity index (χ3n) is 8.85. The smallest absolute Gasteiger partial charge is 0.104 e. The number of allylic oxidation sites excluding steroid dienone is 3. The van der Waals surface area contributed by atoms with Gasteiger partial charge in [-0.05, 0) is 119 Å². The van der Waals surface area contributed by atoms with E-state index in [1.54, 1.807) is 6.20 Å². The van der Waals surface area contributed by atoms with E-state index in [-0.39, 0.29) is 0 Å². The van der Waals surface area contributed by atoms with Crippen molar-refractivity contribution in [3.05, 3.63) is 137 Å². The van der Waals surface area contributed by atoms with Crippen molar-refractivity contribution in [1.29, 1.82) is 5.26 Å². The summed E-state index contributed by atoms with van der Waals surface area (Å²) in [6.07, 6.45) is 5.76. The van der Waals surface area contributed by atoms with Gasteiger partial charge in [0.25, 0.3) is 0 Å². The van der Waals surface area contributed by atoms with E-state index in [9.17, 15) is 5.26 Å². The van der Waals surface area contributed by atoms with Crippen molar-refractivity contribution >= 4 is 55.9 Å². The van der Waals surface area contributed by atoms with E-state index in [2.05, 4.69) is 146 Å². The Morgan fingerprint density at radius 1 is 0.644 bits per heavy atom. The summed E-state index contributed by atoms with van der Waals surface area (Å²) in [5.74, 6) is 0. The average Bonchev–Trinajstić information content (AvgIpc) is 3.51. The van der Waals surface area contributed by atoms with E-state index in [0.717, 1.165) is 44.6 Å². The number of fused-ring (bicyclic) bond motifs is 6. The lowest BCUT2D eigenvalue weighted by Crippen LogP contribution is -2.06. The Morgan fingerprint density at radius 3 is 1.33 bits per heavy atom. The monoisotopic (exact) mass is 582 g/mol. The van der Waals surface area contributed by atoms with Gasteiger partial charge in [-0.15, -0.1) is 0 Å². The predicted molar refractivity (Wildman–Crippen MR) is 191 cm³/mol. The molecule has 0 bridgehead atoms. The van der Waals surface area contributed by atoms with E-state index >= 15 is 0 Å². The molecule has 45 heavy (non-hydrogen) atoms. The number of aromatic nitrogens is 2. The van der Waals surface area contributed by atoms with Gasteiger partial charge in [-0.25, -0.2) is 0 Å². The Labute approximate surface area is 263 Å². The maximum absolute atomic E-state index is 11.1. The molecule has 0 aliphatic carbocycles. The van der Waals surface area contributed by atoms with Crippen LogP contribution in [0.5, 0.6) is 0 Å². The average molecular weight is 583 g/mol. The van der Waals surface area contributed by atoms with Crippen LogP contribution in [0.3, 0.4) is 0 Å². The van der Waals surface area contributed by atoms with E-state index in [4.69, 9.17) is 0 Å². The number of aryl methyl sites for hydroxylation is 4. The second-order valence-corrected chi connectivity index (χ2v) is 12.0. The minimum absolute atomic E-state index is 0.611. The van der Waals surface area contributed by atoms with Crippen molar-refractivity contribution in [2.45, 2.75) is 34.6 Å². The van der Waals surface area contributed by atoms with Gasteiger partial charge in [0.15, 0.2) is 0 Å². The standard InChI is InChI=1S/C41H34N4/c1-7-29(16-17-43-6)30-22-40(44-36-12-8-25(2)18-31(36)32-19-26(3)9-13-37(32)44)35(24-42)41(23-30)45-38-14-10-27(4)20-33(38)34-21-28(5)11-15-39(34)45/h7-23H,6H2,1-5H3/b17-16-,29-7+. The molecular weight excluding hydrogens is 548 g/mol. The largest absolute Gasteiger partial charge is 0.308 e. The molecule has 4 nitrogen and oxygen atoms in total. The van der Waals surface area contributed by atoms with Gasteiger partial charge in [-0.3, -0.25) is 4.99 Å². The number of nitriles is 1. The molecule has 0 aliphatic rings. The van der Waals surface area contributed by atoms with Gasteiger partial charge in [0.05, 0.1) is 33.4 Å². The van der Waals surface area contributed by atoms with Crippen LogP contribution in [0.15, 0.2) is 108 Å². The van der Waals surface area contributed by atoms with E-state index < -0.39 is 0 Å². The molecule has 5 aromatic carbocycles. The second kappa shape index (κ2) is 10.8. The lowest BCUT2D eigenvalue weighted by Gasteiger charge is -2.18. The maximum Gasteiger partial charge on any atom is 0.104 e. The summed E-state index contributed by atoms with van der Waals surface area (Å²) < 4.78 is 4.53. The molecule has 0 saturated carbocycles. The van der Waals surface area contributed by atoms with E-state index in [1.165, 1.54) is 43.8 Å². The highest BCUT2D eigenvalue weighted by Crippen LogP contribution is 2.40. The fourth-order valence-corrected chi connectivity index (χ4v) is 6.76. The van der Waals surface area contributed by atoms with Crippen molar-refractivity contribution < 1.29 is 0 Å². The highest BCUT2D eigenvalue weighted by molar-refractivity contribution is 6.11. The van der Waals surface area contributed by atoms with Crippen LogP contribution in [-0.4, -0.2) is 15.9 Å². The molecule has 0 saturated heterocycles. The molecule has 0 spiro atoms. The van der Waals surface area contributed by atoms with Gasteiger partial charge in [0, 0.05) is 27.7 Å². The van der Waals surface area contributed by atoms with Gasteiger partial charge < -0.3 is 9.13 Å². The zero-order valence-corrected chi connectivity index (χ0v) is 26.3. The van der Waals surface area contributed by atoms with Crippen LogP contribution in [0, 0.1) is 39.0 Å². The van der Waals surface area contributed by atoms with Gasteiger partial charge in [0.1, 0.15) is 11.6 Å². The number of hydrogen-bond acceptors (Lipinski definition) is 2. The van der Waals surface area contributed by atoms with Crippen LogP contribution in [0.4, 0.5) is 0 Å². The molecule has 0 unspecified atom stereocenters. The summed E-state index contributed by atoms with van der Waals surface area (Å²) in [6.45, 7) is 14.2. The molecule has 2 heterocycles. The molecule has 4 heteroatoms. The van der Waals surface area contributed by atoms with Crippen molar-refractivity contribution in [3.63, 3.8) is 0 Å². The summed E-state index contributed by atoms with van der Waals surface area (Å²) in [5.41, 5.74) is 13.4. The van der Waals surface area contributed by atoms with E-state index in [0.29, 0.717) is 5.56 Å². The molecule has 0 fully saturated rings. The minimum Gasteiger partial charge on any atom is -0.308 e. The van der Waals surface area contributed by atoms with Crippen molar-refractivity contribution in [2.75, 3.05) is 0 Å². The van der Waals surface area contributed by atoms with Crippen LogP contribution >= 0.6 is 0 Å². The number of nitrogens with zero attached hydrogens (tertiary/aromatic N) is 4. The Hall–Kier alpha value is -5.66. The maximum atomic E-state index is 11.1. The first kappa shape index (κ1) is 28.1. The fraction of sp³-hybridized carbons (Fsp3) is 0.122. The van der Waals surface area contributed by atoms with E-state index in [1.807, 2.05) is 13.0 Å². The van der Waals surface area contributed by atoms with Crippen LogP contribution in [-0.2, 0) is 0 Å². The van der Waals surface area contributed by atoms with Crippen molar-refractivity contribution in [2.24, 2.45) is 4.99 Å². The Balaban J connectivity index is 1.69. The van der Waals surface area contributed by atoms with Crippen LogP contribution in [0.25, 0.3) is 60.6 Å². The quantitative estimate of drug-likeness (QED) is 0.147. The molecule has 0 aliphatic heterocycles. The van der Waals surface area contributed by atoms with Gasteiger partial charge in [-0.1, -0.05) is 52.6 Å². The summed E-state index contributed by atoms with van der Waals surface area (Å²) in [6, 6.07) is 33.2. The van der Waals surface area contributed by atoms with Gasteiger partial charge >= 0.3 is 0 Å². The third-order valence-corrected chi connectivity index (χ3v) is 8.85. The molecule has 7 rings (SSSR count). The zero-order valence-electron chi connectivity index (χ0n) is 26.3. The first-order valence-corrected chi connectivity index (χ1v) is 15.2. The van der Waals surface area contributed by atoms with Crippen molar-refractivity contribution in [3.8, 4) is 17.4 Å². The number of rotatable bonds is 5. The molecule has 7 aromatic rings. The first-order chi connectivity index (χ1) is 21.8. The molecule has 0 atom stereocenters. The molecule has 218 valence electrons. The SMILES string of the molecule is C=N/C=C\C(=C/C)c1cc(-n2c3ccc(C)cc3c3cc(C)ccc32)c(C#N)c(-n2c3ccc(C)cc3c3cc(C)ccc32)c1. The minimum atomic E-state index is 0.611. The summed E-state index contributed by atoms with van der Waals surface area (Å²) in [5, 5.41) is 15.8. The lowest BCUT2D eigenvalue weighted by molar-refractivity contribution is 1.11. The Kier molecular flexibility index (Phi) is 6.75. The van der Waals surface area contributed by atoms with Gasteiger partial charge in [0.2, 0.25) is 0 Å². The van der Waals surface area contributed by atoms with Gasteiger partial charge in [-0.2, -0.15) is 5.26 Å². The highest BCUT2D eigenvalue weighted by atomic mass is 15.0. The molecule has 0 N–H and O–H groups in total. The topological polar surface area (TPSA) is 46.0 Å².